The van der Waals surface area contributed by atoms with Gasteiger partial charge in [0.1, 0.15) is 10.8 Å². The largest absolute Gasteiger partial charge is 0.497 e. The minimum Gasteiger partial charge on any atom is -0.497 e. The van der Waals surface area contributed by atoms with Crippen LogP contribution in [0.1, 0.15) is 17.3 Å². The highest BCUT2D eigenvalue weighted by molar-refractivity contribution is 7.73. The highest BCUT2D eigenvalue weighted by Gasteiger charge is 2.19. The molecule has 0 bridgehead atoms. The lowest BCUT2D eigenvalue weighted by atomic mass is 10.0. The second-order valence-corrected chi connectivity index (χ2v) is 9.77. The van der Waals surface area contributed by atoms with Gasteiger partial charge in [0, 0.05) is 22.2 Å². The lowest BCUT2D eigenvalue weighted by molar-refractivity contribution is 0.415. The van der Waals surface area contributed by atoms with Crippen molar-refractivity contribution in [1.82, 2.24) is 9.97 Å². The van der Waals surface area contributed by atoms with Crippen molar-refractivity contribution in [2.24, 2.45) is 0 Å². The number of thiazole rings is 1. The summed E-state index contributed by atoms with van der Waals surface area (Å²) in [4.78, 5) is 9.34. The smallest absolute Gasteiger partial charge is 0.295 e. The summed E-state index contributed by atoms with van der Waals surface area (Å²) in [5.41, 5.74) is 4.28. The Hall–Kier alpha value is -4.15. The summed E-state index contributed by atoms with van der Waals surface area (Å²) in [6, 6.07) is 25.0. The summed E-state index contributed by atoms with van der Waals surface area (Å²) in [6.07, 6.45) is 2.26. The molecule has 1 atom stereocenters. The average molecular weight is 533 g/mol. The fourth-order valence-corrected chi connectivity index (χ4v) is 5.08. The molecular formula is C27H24N4O4S2. The van der Waals surface area contributed by atoms with E-state index < -0.39 is 10.9 Å². The summed E-state index contributed by atoms with van der Waals surface area (Å²) in [7, 11) is -1.09. The summed E-state index contributed by atoms with van der Waals surface area (Å²) >= 11 is 1.57. The molecule has 2 N–H and O–H groups in total. The van der Waals surface area contributed by atoms with Crippen LogP contribution in [0.2, 0.25) is 0 Å². The quantitative estimate of drug-likeness (QED) is 0.195. The first-order chi connectivity index (χ1) is 18.1. The Bertz CT molecular complexity index is 1540. The van der Waals surface area contributed by atoms with Gasteiger partial charge in [-0.2, -0.15) is 0 Å². The van der Waals surface area contributed by atoms with E-state index in [2.05, 4.69) is 15.0 Å². The first-order valence-corrected chi connectivity index (χ1v) is 13.5. The molecule has 0 spiro atoms. The van der Waals surface area contributed by atoms with Crippen LogP contribution in [0.25, 0.3) is 21.9 Å². The normalized spacial score (nSPS) is 11.8. The van der Waals surface area contributed by atoms with Crippen molar-refractivity contribution in [3.63, 3.8) is 0 Å². The predicted octanol–water partition coefficient (Wildman–Crippen LogP) is 5.81. The maximum Gasteiger partial charge on any atom is 0.295 e. The topological polar surface area (TPSA) is 106 Å². The summed E-state index contributed by atoms with van der Waals surface area (Å²) < 4.78 is 35.7. The number of hydrogen-bond acceptors (Lipinski definition) is 8. The Balaban J connectivity index is 1.41. The maximum absolute atomic E-state index is 11.0. The number of nitrogens with zero attached hydrogens (tertiary/aromatic N) is 2. The van der Waals surface area contributed by atoms with Crippen molar-refractivity contribution in [2.45, 2.75) is 12.5 Å². The molecular weight excluding hydrogens is 508 g/mol. The minimum atomic E-state index is -2.71. The lowest BCUT2D eigenvalue weighted by Gasteiger charge is -2.16. The molecule has 0 aliphatic rings. The van der Waals surface area contributed by atoms with Crippen LogP contribution in [0, 0.1) is 0 Å². The number of aromatic nitrogens is 2. The van der Waals surface area contributed by atoms with Gasteiger partial charge in [0.15, 0.2) is 5.76 Å². The fourth-order valence-electron chi connectivity index (χ4n) is 3.85. The Morgan fingerprint density at radius 1 is 1.00 bits per heavy atom. The molecule has 0 aliphatic heterocycles. The fraction of sp³-hybridized carbons (Fsp3) is 0.111. The van der Waals surface area contributed by atoms with E-state index in [9.17, 15) is 8.42 Å². The molecule has 0 fully saturated rings. The molecule has 5 aromatic rings. The molecule has 37 heavy (non-hydrogen) atoms. The third-order valence-electron chi connectivity index (χ3n) is 5.67. The number of thiol groups is 1. The van der Waals surface area contributed by atoms with Gasteiger partial charge in [-0.05, 0) is 36.2 Å². The van der Waals surface area contributed by atoms with Gasteiger partial charge >= 0.3 is 0 Å². The van der Waals surface area contributed by atoms with Crippen LogP contribution in [-0.2, 0) is 17.3 Å². The molecule has 10 heteroatoms. The van der Waals surface area contributed by atoms with Crippen LogP contribution in [0.3, 0.4) is 0 Å². The standard InChI is InChI=1S/C27H24N4O4S2/c1-34-22-9-5-8-20(15-22)25-16-28-27(35-25)30-23(14-18-10-12-21(13-11-18)31-37(32)33)24-17-36-26(29-24)19-6-3-2-4-7-19/h2-13,15-17,23,37H,14H2,1H3,(H,28,30)(H,31,32,33)/t23-/m0/s1. The van der Waals surface area contributed by atoms with Gasteiger partial charge in [-0.15, -0.1) is 11.3 Å². The monoisotopic (exact) mass is 532 g/mol. The van der Waals surface area contributed by atoms with E-state index in [0.717, 1.165) is 33.1 Å². The molecule has 0 unspecified atom stereocenters. The SMILES string of the molecule is COc1cccc(-c2cnc(N[C@@H](Cc3ccc(N[SH](=O)=O)cc3)c3csc(-c4ccccc4)n3)o2)c1. The average Bonchev–Trinajstić information content (AvgIpc) is 3.60. The second kappa shape index (κ2) is 11.3. The number of rotatable bonds is 10. The van der Waals surface area contributed by atoms with Crippen LogP contribution in [0.5, 0.6) is 5.75 Å². The van der Waals surface area contributed by atoms with Gasteiger partial charge in [0.2, 0.25) is 10.9 Å². The number of nitrogens with one attached hydrogen (secondary N) is 2. The number of ether oxygens (including phenoxy) is 1. The Labute approximate surface area is 220 Å². The Morgan fingerprint density at radius 3 is 2.54 bits per heavy atom. The molecule has 8 nitrogen and oxygen atoms in total. The van der Waals surface area contributed by atoms with Gasteiger partial charge in [0.25, 0.3) is 6.01 Å². The van der Waals surface area contributed by atoms with E-state index in [0.29, 0.717) is 23.9 Å². The van der Waals surface area contributed by atoms with Crippen molar-refractivity contribution in [3.8, 4) is 27.6 Å². The molecule has 0 amide bonds. The van der Waals surface area contributed by atoms with Gasteiger partial charge in [-0.3, -0.25) is 4.72 Å². The van der Waals surface area contributed by atoms with E-state index in [4.69, 9.17) is 14.1 Å². The summed E-state index contributed by atoms with van der Waals surface area (Å²) in [6.45, 7) is 0. The highest BCUT2D eigenvalue weighted by atomic mass is 32.2. The third kappa shape index (κ3) is 6.16. The van der Waals surface area contributed by atoms with Crippen LogP contribution < -0.4 is 14.8 Å². The van der Waals surface area contributed by atoms with Crippen LogP contribution in [-0.4, -0.2) is 25.5 Å². The molecule has 2 heterocycles. The number of methoxy groups -OCH3 is 1. The van der Waals surface area contributed by atoms with Crippen LogP contribution in [0.15, 0.2) is 94.9 Å². The van der Waals surface area contributed by atoms with Crippen molar-refractivity contribution in [3.05, 3.63) is 102 Å². The molecule has 3 aromatic carbocycles. The van der Waals surface area contributed by atoms with Gasteiger partial charge in [0.05, 0.1) is 25.0 Å². The van der Waals surface area contributed by atoms with Crippen molar-refractivity contribution < 1.29 is 17.6 Å². The van der Waals surface area contributed by atoms with Crippen molar-refractivity contribution in [1.29, 1.82) is 0 Å². The molecule has 0 saturated carbocycles. The van der Waals surface area contributed by atoms with Crippen molar-refractivity contribution >= 4 is 33.9 Å². The minimum absolute atomic E-state index is 0.236. The molecule has 0 radical (unpaired) electrons. The number of anilines is 2. The zero-order valence-electron chi connectivity index (χ0n) is 19.8. The summed E-state index contributed by atoms with van der Waals surface area (Å²) in [5, 5.41) is 6.35. The molecule has 188 valence electrons. The Morgan fingerprint density at radius 2 is 1.78 bits per heavy atom. The van der Waals surface area contributed by atoms with Gasteiger partial charge in [-0.1, -0.05) is 54.6 Å². The zero-order chi connectivity index (χ0) is 25.6. The van der Waals surface area contributed by atoms with Crippen LogP contribution >= 0.6 is 11.3 Å². The zero-order valence-corrected chi connectivity index (χ0v) is 21.5. The number of hydrogen-bond donors (Lipinski definition) is 3. The van der Waals surface area contributed by atoms with E-state index >= 15 is 0 Å². The number of benzene rings is 3. The first kappa shape index (κ1) is 24.5. The van der Waals surface area contributed by atoms with E-state index in [1.807, 2.05) is 72.1 Å². The van der Waals surface area contributed by atoms with Gasteiger partial charge < -0.3 is 14.5 Å². The lowest BCUT2D eigenvalue weighted by Crippen LogP contribution is -2.14. The van der Waals surface area contributed by atoms with Gasteiger partial charge in [-0.25, -0.2) is 18.4 Å². The Kier molecular flexibility index (Phi) is 7.48. The first-order valence-electron chi connectivity index (χ1n) is 11.4. The second-order valence-electron chi connectivity index (χ2n) is 8.17. The molecule has 2 aromatic heterocycles. The molecule has 0 aliphatic carbocycles. The number of oxazole rings is 1. The van der Waals surface area contributed by atoms with E-state index in [1.165, 1.54) is 0 Å². The van der Waals surface area contributed by atoms with Crippen LogP contribution in [0.4, 0.5) is 11.7 Å². The highest BCUT2D eigenvalue weighted by Crippen LogP contribution is 2.31. The predicted molar refractivity (Wildman–Crippen MR) is 146 cm³/mol. The summed E-state index contributed by atoms with van der Waals surface area (Å²) in [5.74, 6) is 1.35. The molecule has 0 saturated heterocycles. The van der Waals surface area contributed by atoms with E-state index in [1.54, 1.807) is 36.8 Å². The third-order valence-corrected chi connectivity index (χ3v) is 7.02. The van der Waals surface area contributed by atoms with Crippen molar-refractivity contribution in [2.75, 3.05) is 17.1 Å². The molecule has 5 rings (SSSR count). The van der Waals surface area contributed by atoms with E-state index in [-0.39, 0.29) is 6.04 Å². The maximum atomic E-state index is 11.0.